The smallest absolute Gasteiger partial charge is 0.223 e. The molecule has 0 aromatic carbocycles. The van der Waals surface area contributed by atoms with E-state index in [-0.39, 0.29) is 0 Å². The summed E-state index contributed by atoms with van der Waals surface area (Å²) in [7, 11) is 0. The van der Waals surface area contributed by atoms with Gasteiger partial charge in [-0.15, -0.1) is 0 Å². The van der Waals surface area contributed by atoms with Crippen molar-refractivity contribution in [1.29, 1.82) is 0 Å². The van der Waals surface area contributed by atoms with Gasteiger partial charge in [0.15, 0.2) is 0 Å². The highest BCUT2D eigenvalue weighted by Gasteiger charge is 2.50. The van der Waals surface area contributed by atoms with Crippen LogP contribution in [0.4, 0.5) is 0 Å². The first-order valence-corrected chi connectivity index (χ1v) is 11.0. The molecule has 132 valence electrons. The van der Waals surface area contributed by atoms with Gasteiger partial charge in [0.2, 0.25) is 5.91 Å². The van der Waals surface area contributed by atoms with E-state index in [9.17, 15) is 4.79 Å². The Morgan fingerprint density at radius 3 is 1.75 bits per heavy atom. The molecule has 8 bridgehead atoms. The van der Waals surface area contributed by atoms with Gasteiger partial charge < -0.3 is 4.90 Å². The lowest BCUT2D eigenvalue weighted by Crippen LogP contribution is -2.48. The fraction of sp³-hybridized carbons (Fsp3) is 0.955. The number of hydrogen-bond donors (Lipinski definition) is 0. The third-order valence-electron chi connectivity index (χ3n) is 9.26. The molecule has 0 radical (unpaired) electrons. The van der Waals surface area contributed by atoms with Crippen molar-refractivity contribution in [3.05, 3.63) is 0 Å². The first kappa shape index (κ1) is 14.6. The topological polar surface area (TPSA) is 20.3 Å². The Labute approximate surface area is 146 Å². The molecule has 6 saturated carbocycles. The minimum absolute atomic E-state index is 0.561. The van der Waals surface area contributed by atoms with Gasteiger partial charge in [-0.3, -0.25) is 4.79 Å². The number of rotatable bonds is 2. The van der Waals surface area contributed by atoms with Crippen LogP contribution in [0.1, 0.15) is 70.6 Å². The van der Waals surface area contributed by atoms with Crippen LogP contribution in [0.2, 0.25) is 0 Å². The van der Waals surface area contributed by atoms with Gasteiger partial charge >= 0.3 is 0 Å². The van der Waals surface area contributed by atoms with E-state index in [1.54, 1.807) is 0 Å². The van der Waals surface area contributed by atoms with E-state index in [1.165, 1.54) is 64.2 Å². The molecule has 2 unspecified atom stereocenters. The number of nitrogens with zero attached hydrogens (tertiary/aromatic N) is 1. The highest BCUT2D eigenvalue weighted by molar-refractivity contribution is 5.77. The Kier molecular flexibility index (Phi) is 3.19. The number of amides is 1. The summed E-state index contributed by atoms with van der Waals surface area (Å²) >= 11 is 0. The van der Waals surface area contributed by atoms with Crippen LogP contribution in [-0.2, 0) is 4.79 Å². The Morgan fingerprint density at radius 2 is 1.17 bits per heavy atom. The van der Waals surface area contributed by atoms with E-state index in [0.29, 0.717) is 11.9 Å². The zero-order valence-electron chi connectivity index (χ0n) is 15.0. The maximum Gasteiger partial charge on any atom is 0.223 e. The summed E-state index contributed by atoms with van der Waals surface area (Å²) in [5.41, 5.74) is 0. The molecule has 0 aromatic rings. The van der Waals surface area contributed by atoms with E-state index >= 15 is 0 Å². The van der Waals surface area contributed by atoms with Crippen LogP contribution in [0.5, 0.6) is 0 Å². The van der Waals surface area contributed by atoms with Crippen molar-refractivity contribution in [1.82, 2.24) is 4.90 Å². The molecule has 2 atom stereocenters. The quantitative estimate of drug-likeness (QED) is 0.732. The molecular formula is C22H33NO. The molecule has 2 saturated heterocycles. The molecule has 6 aliphatic carbocycles. The lowest BCUT2D eigenvalue weighted by atomic mass is 9.51. The van der Waals surface area contributed by atoms with Crippen molar-refractivity contribution in [3.8, 4) is 0 Å². The third-order valence-corrected chi connectivity index (χ3v) is 9.26. The molecule has 2 nitrogen and oxygen atoms in total. The Hall–Kier alpha value is -0.530. The molecule has 1 amide bonds. The van der Waals surface area contributed by atoms with E-state index in [0.717, 1.165) is 60.3 Å². The van der Waals surface area contributed by atoms with Crippen molar-refractivity contribution >= 4 is 5.91 Å². The normalized spacial score (nSPS) is 54.3. The van der Waals surface area contributed by atoms with Crippen molar-refractivity contribution in [2.45, 2.75) is 76.7 Å². The highest BCUT2D eigenvalue weighted by atomic mass is 16.2. The summed E-state index contributed by atoms with van der Waals surface area (Å²) in [6.07, 6.45) is 15.3. The van der Waals surface area contributed by atoms with E-state index in [4.69, 9.17) is 0 Å². The average Bonchev–Trinajstić information content (AvgIpc) is 2.74. The van der Waals surface area contributed by atoms with Gasteiger partial charge in [-0.2, -0.15) is 0 Å². The lowest BCUT2D eigenvalue weighted by molar-refractivity contribution is -0.139. The average molecular weight is 328 g/mol. The monoisotopic (exact) mass is 327 g/mol. The van der Waals surface area contributed by atoms with Crippen LogP contribution in [-0.4, -0.2) is 23.4 Å². The molecule has 8 rings (SSSR count). The molecule has 24 heavy (non-hydrogen) atoms. The lowest BCUT2D eigenvalue weighted by Gasteiger charge is -2.54. The second-order valence-electron chi connectivity index (χ2n) is 10.8. The molecule has 2 heteroatoms. The number of carbonyl (C=O) groups is 1. The van der Waals surface area contributed by atoms with E-state index < -0.39 is 0 Å². The van der Waals surface area contributed by atoms with Crippen LogP contribution in [0.15, 0.2) is 0 Å². The molecule has 0 spiro atoms. The summed E-state index contributed by atoms with van der Waals surface area (Å²) in [5.74, 6) is 7.93. The van der Waals surface area contributed by atoms with E-state index in [2.05, 4.69) is 4.90 Å². The maximum atomic E-state index is 13.3. The summed E-state index contributed by atoms with van der Waals surface area (Å²) in [4.78, 5) is 15.7. The molecule has 0 N–H and O–H groups in total. The van der Waals surface area contributed by atoms with Crippen molar-refractivity contribution in [2.24, 2.45) is 47.3 Å². The van der Waals surface area contributed by atoms with Gasteiger partial charge in [0.25, 0.3) is 0 Å². The number of fused-ring (bicyclic) bond motifs is 1. The fourth-order valence-electron chi connectivity index (χ4n) is 8.78. The standard InChI is InChI=1S/C22H33NO/c24-22(11-21-18-5-15-2-16(7-18)8-19(21)6-15)23-12-17-3-13-1-14(4-17)10-20(23)9-13/h13-21H,1-12H2. The maximum absolute atomic E-state index is 13.3. The largest absolute Gasteiger partial charge is 0.339 e. The predicted octanol–water partition coefficient (Wildman–Crippen LogP) is 4.49. The van der Waals surface area contributed by atoms with Gasteiger partial charge in [0.1, 0.15) is 0 Å². The van der Waals surface area contributed by atoms with E-state index in [1.807, 2.05) is 0 Å². The number of carbonyl (C=O) groups excluding carboxylic acids is 1. The van der Waals surface area contributed by atoms with Crippen LogP contribution in [0.3, 0.4) is 0 Å². The SMILES string of the molecule is O=C(CC1C2CC3CC(C2)CC1C3)N1CC2CC3CC(C2)CC1C3. The molecule has 2 aliphatic heterocycles. The summed E-state index contributed by atoms with van der Waals surface area (Å²) in [6.45, 7) is 1.11. The minimum atomic E-state index is 0.561. The molecule has 8 aliphatic rings. The number of hydrogen-bond acceptors (Lipinski definition) is 1. The van der Waals surface area contributed by atoms with Gasteiger partial charge in [0, 0.05) is 19.0 Å². The van der Waals surface area contributed by atoms with Gasteiger partial charge in [-0.1, -0.05) is 0 Å². The van der Waals surface area contributed by atoms with Crippen molar-refractivity contribution in [2.75, 3.05) is 6.54 Å². The second kappa shape index (κ2) is 5.24. The zero-order valence-corrected chi connectivity index (χ0v) is 15.0. The Bertz CT molecular complexity index is 500. The van der Waals surface area contributed by atoms with Crippen molar-refractivity contribution in [3.63, 3.8) is 0 Å². The fourth-order valence-corrected chi connectivity index (χ4v) is 8.78. The molecule has 8 fully saturated rings. The van der Waals surface area contributed by atoms with Crippen LogP contribution in [0.25, 0.3) is 0 Å². The Morgan fingerprint density at radius 1 is 0.667 bits per heavy atom. The third kappa shape index (κ3) is 2.23. The molecule has 2 heterocycles. The predicted molar refractivity (Wildman–Crippen MR) is 94.2 cm³/mol. The van der Waals surface area contributed by atoms with Gasteiger partial charge in [0.05, 0.1) is 0 Å². The van der Waals surface area contributed by atoms with Gasteiger partial charge in [-0.25, -0.2) is 0 Å². The first-order valence-electron chi connectivity index (χ1n) is 11.0. The highest BCUT2D eigenvalue weighted by Crippen LogP contribution is 2.57. The first-order chi connectivity index (χ1) is 11.7. The second-order valence-corrected chi connectivity index (χ2v) is 10.8. The van der Waals surface area contributed by atoms with Crippen LogP contribution < -0.4 is 0 Å². The zero-order chi connectivity index (χ0) is 15.8. The Balaban J connectivity index is 1.19. The minimum Gasteiger partial charge on any atom is -0.339 e. The molecular weight excluding hydrogens is 294 g/mol. The summed E-state index contributed by atoms with van der Waals surface area (Å²) in [6, 6.07) is 0.616. The molecule has 0 aromatic heterocycles. The van der Waals surface area contributed by atoms with Gasteiger partial charge in [-0.05, 0) is 112 Å². The summed E-state index contributed by atoms with van der Waals surface area (Å²) in [5, 5.41) is 0. The van der Waals surface area contributed by atoms with Crippen molar-refractivity contribution < 1.29 is 4.79 Å². The summed E-state index contributed by atoms with van der Waals surface area (Å²) < 4.78 is 0. The van der Waals surface area contributed by atoms with Crippen LogP contribution >= 0.6 is 0 Å². The van der Waals surface area contributed by atoms with Crippen LogP contribution in [0, 0.1) is 47.3 Å².